The van der Waals surface area contributed by atoms with Gasteiger partial charge in [0.1, 0.15) is 0 Å². The third-order valence-corrected chi connectivity index (χ3v) is 8.07. The van der Waals surface area contributed by atoms with Gasteiger partial charge in [-0.3, -0.25) is 9.59 Å². The van der Waals surface area contributed by atoms with Crippen molar-refractivity contribution >= 4 is 26.8 Å². The Morgan fingerprint density at radius 3 is 2.79 bits per heavy atom. The van der Waals surface area contributed by atoms with E-state index < -0.39 is 21.5 Å². The van der Waals surface area contributed by atoms with E-state index in [1.54, 1.807) is 12.1 Å². The number of aromatic nitrogens is 1. The van der Waals surface area contributed by atoms with Gasteiger partial charge >= 0.3 is 0 Å². The molecule has 9 nitrogen and oxygen atoms in total. The number of carbonyl (C=O) groups excluding carboxylic acids is 1. The molecule has 2 aliphatic heterocycles. The van der Waals surface area contributed by atoms with E-state index in [2.05, 4.69) is 10.3 Å². The van der Waals surface area contributed by atoms with Gasteiger partial charge in [0, 0.05) is 36.6 Å². The molecule has 10 heteroatoms. The van der Waals surface area contributed by atoms with Crippen LogP contribution in [0.4, 0.5) is 0 Å². The maximum atomic E-state index is 13.3. The monoisotopic (exact) mass is 483 g/mol. The van der Waals surface area contributed by atoms with Crippen LogP contribution in [-0.2, 0) is 16.6 Å². The first-order chi connectivity index (χ1) is 16.3. The van der Waals surface area contributed by atoms with Gasteiger partial charge < -0.3 is 19.8 Å². The van der Waals surface area contributed by atoms with E-state index in [0.29, 0.717) is 35.5 Å². The number of pyridine rings is 1. The number of piperidine rings is 1. The molecule has 0 saturated carbocycles. The van der Waals surface area contributed by atoms with E-state index >= 15 is 0 Å². The average Bonchev–Trinajstić information content (AvgIpc) is 3.29. The van der Waals surface area contributed by atoms with Crippen molar-refractivity contribution in [2.75, 3.05) is 19.9 Å². The number of H-pyrrole nitrogens is 1. The maximum absolute atomic E-state index is 13.3. The number of benzene rings is 2. The second-order valence-electron chi connectivity index (χ2n) is 8.74. The summed E-state index contributed by atoms with van der Waals surface area (Å²) in [4.78, 5) is 28.0. The van der Waals surface area contributed by atoms with Gasteiger partial charge in [-0.15, -0.1) is 0 Å². The summed E-state index contributed by atoms with van der Waals surface area (Å²) in [6, 6.07) is 11.0. The van der Waals surface area contributed by atoms with Crippen molar-refractivity contribution < 1.29 is 22.7 Å². The van der Waals surface area contributed by atoms with Crippen LogP contribution in [0.5, 0.6) is 11.5 Å². The van der Waals surface area contributed by atoms with E-state index in [4.69, 9.17) is 9.47 Å². The molecule has 0 aliphatic carbocycles. The molecule has 0 bridgehead atoms. The standard InChI is InChI=1S/C24H25N3O6S/c1-15-3-2-8-27(13-15)34(30,31)17-5-6-20-18(10-17)19(11-23(28)26-20)24(29)25-12-16-4-7-21-22(9-16)33-14-32-21/h4-7,9-11,15H,2-3,8,12-14H2,1H3,(H,25,29)(H,26,28). The van der Waals surface area contributed by atoms with Gasteiger partial charge in [0.05, 0.1) is 10.5 Å². The zero-order valence-corrected chi connectivity index (χ0v) is 19.5. The number of nitrogens with zero attached hydrogens (tertiary/aromatic N) is 1. The van der Waals surface area contributed by atoms with Gasteiger partial charge in [-0.1, -0.05) is 13.0 Å². The zero-order valence-electron chi connectivity index (χ0n) is 18.7. The number of aromatic amines is 1. The summed E-state index contributed by atoms with van der Waals surface area (Å²) >= 11 is 0. The minimum absolute atomic E-state index is 0.103. The topological polar surface area (TPSA) is 118 Å². The fourth-order valence-corrected chi connectivity index (χ4v) is 6.05. The second kappa shape index (κ2) is 8.77. The fourth-order valence-electron chi connectivity index (χ4n) is 4.42. The van der Waals surface area contributed by atoms with Crippen molar-refractivity contribution in [3.63, 3.8) is 0 Å². The van der Waals surface area contributed by atoms with Crippen LogP contribution in [0.15, 0.2) is 52.2 Å². The summed E-state index contributed by atoms with van der Waals surface area (Å²) < 4.78 is 38.7. The van der Waals surface area contributed by atoms with Crippen LogP contribution < -0.4 is 20.3 Å². The number of hydrogen-bond donors (Lipinski definition) is 2. The minimum Gasteiger partial charge on any atom is -0.454 e. The van der Waals surface area contributed by atoms with E-state index in [9.17, 15) is 18.0 Å². The third kappa shape index (κ3) is 4.26. The molecule has 2 aromatic carbocycles. The van der Waals surface area contributed by atoms with Crippen molar-refractivity contribution in [1.82, 2.24) is 14.6 Å². The molecule has 34 heavy (non-hydrogen) atoms. The number of nitrogens with one attached hydrogen (secondary N) is 2. The second-order valence-corrected chi connectivity index (χ2v) is 10.7. The largest absolute Gasteiger partial charge is 0.454 e. The molecule has 1 aromatic heterocycles. The Balaban J connectivity index is 1.44. The Labute approximate surface area is 196 Å². The molecule has 1 amide bonds. The number of fused-ring (bicyclic) bond motifs is 2. The molecule has 0 radical (unpaired) electrons. The number of ether oxygens (including phenoxy) is 2. The molecule has 178 valence electrons. The summed E-state index contributed by atoms with van der Waals surface area (Å²) in [5.74, 6) is 1.07. The Bertz CT molecular complexity index is 1430. The first-order valence-corrected chi connectivity index (χ1v) is 12.6. The lowest BCUT2D eigenvalue weighted by molar-refractivity contribution is 0.0952. The van der Waals surface area contributed by atoms with Crippen LogP contribution in [-0.4, -0.2) is 43.5 Å². The minimum atomic E-state index is -3.72. The van der Waals surface area contributed by atoms with Crippen molar-refractivity contribution in [3.05, 3.63) is 63.9 Å². The number of hydrogen-bond acceptors (Lipinski definition) is 6. The quantitative estimate of drug-likeness (QED) is 0.576. The maximum Gasteiger partial charge on any atom is 0.252 e. The van der Waals surface area contributed by atoms with Gasteiger partial charge in [0.15, 0.2) is 11.5 Å². The molecular weight excluding hydrogens is 458 g/mol. The summed E-state index contributed by atoms with van der Waals surface area (Å²) in [7, 11) is -3.72. The normalized spacial score (nSPS) is 18.2. The highest BCUT2D eigenvalue weighted by molar-refractivity contribution is 7.89. The van der Waals surface area contributed by atoms with Gasteiger partial charge in [0.25, 0.3) is 5.91 Å². The van der Waals surface area contributed by atoms with E-state index in [-0.39, 0.29) is 29.7 Å². The van der Waals surface area contributed by atoms with Crippen LogP contribution in [0.2, 0.25) is 0 Å². The van der Waals surface area contributed by atoms with Gasteiger partial charge in [0.2, 0.25) is 22.4 Å². The first-order valence-electron chi connectivity index (χ1n) is 11.2. The fraction of sp³-hybridized carbons (Fsp3) is 0.333. The van der Waals surface area contributed by atoms with E-state index in [1.165, 1.54) is 28.6 Å². The van der Waals surface area contributed by atoms with E-state index in [1.807, 2.05) is 13.0 Å². The number of rotatable bonds is 5. The molecule has 3 aromatic rings. The lowest BCUT2D eigenvalue weighted by Crippen LogP contribution is -2.39. The highest BCUT2D eigenvalue weighted by Crippen LogP contribution is 2.32. The summed E-state index contributed by atoms with van der Waals surface area (Å²) in [5, 5.41) is 3.17. The van der Waals surface area contributed by atoms with Gasteiger partial charge in [-0.05, 0) is 54.7 Å². The Hall–Kier alpha value is -3.37. The van der Waals surface area contributed by atoms with Crippen LogP contribution in [0.1, 0.15) is 35.7 Å². The predicted octanol–water partition coefficient (Wildman–Crippen LogP) is 2.61. The highest BCUT2D eigenvalue weighted by Gasteiger charge is 2.29. The first kappa shape index (κ1) is 22.4. The number of sulfonamides is 1. The summed E-state index contributed by atoms with van der Waals surface area (Å²) in [5.41, 5.74) is 0.866. The number of amides is 1. The molecule has 3 heterocycles. The summed E-state index contributed by atoms with van der Waals surface area (Å²) in [6.45, 7) is 3.34. The van der Waals surface area contributed by atoms with Crippen LogP contribution in [0.3, 0.4) is 0 Å². The van der Waals surface area contributed by atoms with Crippen LogP contribution >= 0.6 is 0 Å². The van der Waals surface area contributed by atoms with Crippen molar-refractivity contribution in [1.29, 1.82) is 0 Å². The van der Waals surface area contributed by atoms with Crippen molar-refractivity contribution in [2.24, 2.45) is 5.92 Å². The van der Waals surface area contributed by atoms with Crippen LogP contribution in [0, 0.1) is 5.92 Å². The van der Waals surface area contributed by atoms with Gasteiger partial charge in [-0.25, -0.2) is 8.42 Å². The summed E-state index contributed by atoms with van der Waals surface area (Å²) in [6.07, 6.45) is 1.81. The smallest absolute Gasteiger partial charge is 0.252 e. The highest BCUT2D eigenvalue weighted by atomic mass is 32.2. The Kier molecular flexibility index (Phi) is 5.78. The molecule has 1 unspecified atom stereocenters. The molecular formula is C24H25N3O6S. The molecule has 5 rings (SSSR count). The van der Waals surface area contributed by atoms with Crippen molar-refractivity contribution in [2.45, 2.75) is 31.2 Å². The molecule has 0 spiro atoms. The Morgan fingerprint density at radius 2 is 1.97 bits per heavy atom. The Morgan fingerprint density at radius 1 is 1.15 bits per heavy atom. The van der Waals surface area contributed by atoms with Gasteiger partial charge in [-0.2, -0.15) is 4.31 Å². The number of carbonyl (C=O) groups is 1. The predicted molar refractivity (Wildman–Crippen MR) is 125 cm³/mol. The molecule has 1 saturated heterocycles. The van der Waals surface area contributed by atoms with Crippen molar-refractivity contribution in [3.8, 4) is 11.5 Å². The zero-order chi connectivity index (χ0) is 23.9. The molecule has 2 aliphatic rings. The lowest BCUT2D eigenvalue weighted by atomic mass is 10.0. The average molecular weight is 484 g/mol. The molecule has 1 fully saturated rings. The van der Waals surface area contributed by atoms with Crippen LogP contribution in [0.25, 0.3) is 10.9 Å². The molecule has 1 atom stereocenters. The SMILES string of the molecule is CC1CCCN(S(=O)(=O)c2ccc3[nH]c(=O)cc(C(=O)NCc4ccc5c(c4)OCO5)c3c2)C1. The molecule has 2 N–H and O–H groups in total. The third-order valence-electron chi connectivity index (χ3n) is 6.21. The lowest BCUT2D eigenvalue weighted by Gasteiger charge is -2.30. The van der Waals surface area contributed by atoms with E-state index in [0.717, 1.165) is 18.4 Å².